The van der Waals surface area contributed by atoms with E-state index in [4.69, 9.17) is 0 Å². The van der Waals surface area contributed by atoms with Crippen LogP contribution in [0, 0.1) is 0 Å². The van der Waals surface area contributed by atoms with Crippen LogP contribution in [0.5, 0.6) is 0 Å². The van der Waals surface area contributed by atoms with Crippen LogP contribution in [-0.4, -0.2) is 28.0 Å². The van der Waals surface area contributed by atoms with Crippen molar-refractivity contribution in [2.75, 3.05) is 11.9 Å². The quantitative estimate of drug-likeness (QED) is 0.838. The summed E-state index contributed by atoms with van der Waals surface area (Å²) in [5, 5.41) is 6.29. The van der Waals surface area contributed by atoms with Gasteiger partial charge in [-0.3, -0.25) is 4.79 Å². The van der Waals surface area contributed by atoms with E-state index >= 15 is 0 Å². The Morgan fingerprint density at radius 2 is 2.15 bits per heavy atom. The number of nitrogens with zero attached hydrogens (tertiary/aromatic N) is 2. The Kier molecular flexibility index (Phi) is 4.26. The SMILES string of the molecule is CCCNc1cnc(C(C)C)nc1C(=O)NC1(C)CC1. The number of nitrogens with one attached hydrogen (secondary N) is 2. The lowest BCUT2D eigenvalue weighted by atomic mass is 10.2. The Morgan fingerprint density at radius 3 is 2.70 bits per heavy atom. The maximum atomic E-state index is 12.4. The van der Waals surface area contributed by atoms with E-state index in [-0.39, 0.29) is 17.4 Å². The van der Waals surface area contributed by atoms with Crippen molar-refractivity contribution in [1.29, 1.82) is 0 Å². The summed E-state index contributed by atoms with van der Waals surface area (Å²) in [4.78, 5) is 21.2. The molecule has 20 heavy (non-hydrogen) atoms. The van der Waals surface area contributed by atoms with Gasteiger partial charge in [-0.05, 0) is 26.2 Å². The van der Waals surface area contributed by atoms with E-state index in [1.807, 2.05) is 13.8 Å². The molecule has 1 amide bonds. The Balaban J connectivity index is 2.25. The molecular formula is C15H24N4O. The van der Waals surface area contributed by atoms with Gasteiger partial charge in [-0.25, -0.2) is 9.97 Å². The lowest BCUT2D eigenvalue weighted by Crippen LogP contribution is -2.35. The second-order valence-corrected chi connectivity index (χ2v) is 6.09. The standard InChI is InChI=1S/C15H24N4O/c1-5-8-16-11-9-17-13(10(2)3)18-12(11)14(20)19-15(4)6-7-15/h9-10,16H,5-8H2,1-4H3,(H,19,20). The summed E-state index contributed by atoms with van der Waals surface area (Å²) < 4.78 is 0. The first-order chi connectivity index (χ1) is 9.45. The van der Waals surface area contributed by atoms with Gasteiger partial charge in [-0.15, -0.1) is 0 Å². The first-order valence-electron chi connectivity index (χ1n) is 7.38. The number of amides is 1. The highest BCUT2D eigenvalue weighted by atomic mass is 16.2. The zero-order valence-corrected chi connectivity index (χ0v) is 12.8. The fourth-order valence-corrected chi connectivity index (χ4v) is 1.88. The number of rotatable bonds is 6. The number of anilines is 1. The zero-order valence-electron chi connectivity index (χ0n) is 12.8. The average molecular weight is 276 g/mol. The minimum atomic E-state index is -0.104. The van der Waals surface area contributed by atoms with Crippen LogP contribution in [0.15, 0.2) is 6.20 Å². The average Bonchev–Trinajstić information content (AvgIpc) is 3.13. The molecule has 1 aromatic heterocycles. The smallest absolute Gasteiger partial charge is 0.272 e. The van der Waals surface area contributed by atoms with Gasteiger partial charge in [0.1, 0.15) is 5.82 Å². The van der Waals surface area contributed by atoms with Crippen molar-refractivity contribution in [3.8, 4) is 0 Å². The predicted octanol–water partition coefficient (Wildman–Crippen LogP) is 2.70. The second kappa shape index (κ2) is 5.77. The first kappa shape index (κ1) is 14.8. The number of carbonyl (C=O) groups excluding carboxylic acids is 1. The molecule has 5 heteroatoms. The van der Waals surface area contributed by atoms with Crippen molar-refractivity contribution in [3.05, 3.63) is 17.7 Å². The monoisotopic (exact) mass is 276 g/mol. The van der Waals surface area contributed by atoms with Gasteiger partial charge in [0.25, 0.3) is 5.91 Å². The highest BCUT2D eigenvalue weighted by Crippen LogP contribution is 2.34. The molecule has 0 unspecified atom stereocenters. The number of hydrogen-bond donors (Lipinski definition) is 2. The highest BCUT2D eigenvalue weighted by Gasteiger charge is 2.39. The van der Waals surface area contributed by atoms with E-state index in [9.17, 15) is 4.79 Å². The molecule has 1 aromatic rings. The van der Waals surface area contributed by atoms with E-state index < -0.39 is 0 Å². The van der Waals surface area contributed by atoms with E-state index in [1.54, 1.807) is 6.20 Å². The molecule has 0 bridgehead atoms. The molecular weight excluding hydrogens is 252 g/mol. The predicted molar refractivity (Wildman–Crippen MR) is 80.0 cm³/mol. The molecule has 2 N–H and O–H groups in total. The Morgan fingerprint density at radius 1 is 1.45 bits per heavy atom. The minimum absolute atomic E-state index is 0.0396. The third kappa shape index (κ3) is 3.46. The summed E-state index contributed by atoms with van der Waals surface area (Å²) in [6.07, 6.45) is 4.80. The maximum Gasteiger partial charge on any atom is 0.272 e. The molecule has 1 aliphatic rings. The van der Waals surface area contributed by atoms with Crippen LogP contribution in [-0.2, 0) is 0 Å². The Bertz CT molecular complexity index is 495. The third-order valence-electron chi connectivity index (χ3n) is 3.52. The van der Waals surface area contributed by atoms with Gasteiger partial charge in [0, 0.05) is 18.0 Å². The lowest BCUT2D eigenvalue weighted by Gasteiger charge is -2.15. The zero-order chi connectivity index (χ0) is 14.8. The minimum Gasteiger partial charge on any atom is -0.382 e. The molecule has 0 atom stereocenters. The van der Waals surface area contributed by atoms with Crippen LogP contribution in [0.25, 0.3) is 0 Å². The molecule has 110 valence electrons. The van der Waals surface area contributed by atoms with E-state index in [1.165, 1.54) is 0 Å². The van der Waals surface area contributed by atoms with Crippen LogP contribution in [0.3, 0.4) is 0 Å². The second-order valence-electron chi connectivity index (χ2n) is 6.09. The third-order valence-corrected chi connectivity index (χ3v) is 3.52. The van der Waals surface area contributed by atoms with Crippen LogP contribution in [0.2, 0.25) is 0 Å². The molecule has 0 aromatic carbocycles. The van der Waals surface area contributed by atoms with Crippen molar-refractivity contribution in [1.82, 2.24) is 15.3 Å². The largest absolute Gasteiger partial charge is 0.382 e. The summed E-state index contributed by atoms with van der Waals surface area (Å²) in [6.45, 7) is 9.01. The van der Waals surface area contributed by atoms with E-state index in [0.717, 1.165) is 31.5 Å². The van der Waals surface area contributed by atoms with Gasteiger partial charge >= 0.3 is 0 Å². The lowest BCUT2D eigenvalue weighted by molar-refractivity contribution is 0.0930. The topological polar surface area (TPSA) is 66.9 Å². The maximum absolute atomic E-state index is 12.4. The number of hydrogen-bond acceptors (Lipinski definition) is 4. The van der Waals surface area contributed by atoms with Gasteiger partial charge < -0.3 is 10.6 Å². The van der Waals surface area contributed by atoms with Gasteiger partial charge in [-0.1, -0.05) is 20.8 Å². The van der Waals surface area contributed by atoms with Crippen molar-refractivity contribution in [3.63, 3.8) is 0 Å². The van der Waals surface area contributed by atoms with Crippen molar-refractivity contribution < 1.29 is 4.79 Å². The van der Waals surface area contributed by atoms with Crippen molar-refractivity contribution >= 4 is 11.6 Å². The number of carbonyl (C=O) groups is 1. The molecule has 0 radical (unpaired) electrons. The van der Waals surface area contributed by atoms with Gasteiger partial charge in [0.15, 0.2) is 5.69 Å². The molecule has 2 rings (SSSR count). The molecule has 0 spiro atoms. The first-order valence-corrected chi connectivity index (χ1v) is 7.38. The van der Waals surface area contributed by atoms with Crippen LogP contribution >= 0.6 is 0 Å². The summed E-state index contributed by atoms with van der Waals surface area (Å²) in [6, 6.07) is 0. The van der Waals surface area contributed by atoms with Gasteiger partial charge in [0.2, 0.25) is 0 Å². The summed E-state index contributed by atoms with van der Waals surface area (Å²) in [7, 11) is 0. The molecule has 5 nitrogen and oxygen atoms in total. The van der Waals surface area contributed by atoms with Crippen molar-refractivity contribution in [2.45, 2.75) is 58.4 Å². The molecule has 0 saturated heterocycles. The molecule has 1 heterocycles. The Hall–Kier alpha value is -1.65. The molecule has 1 saturated carbocycles. The molecule has 0 aliphatic heterocycles. The number of aromatic nitrogens is 2. The van der Waals surface area contributed by atoms with E-state index in [2.05, 4.69) is 34.4 Å². The molecule has 1 aliphatic carbocycles. The summed E-state index contributed by atoms with van der Waals surface area (Å²) in [5.74, 6) is 0.810. The Labute approximate surface area is 120 Å². The van der Waals surface area contributed by atoms with Gasteiger partial charge in [0.05, 0.1) is 11.9 Å². The highest BCUT2D eigenvalue weighted by molar-refractivity contribution is 5.98. The van der Waals surface area contributed by atoms with Crippen LogP contribution in [0.1, 0.15) is 69.2 Å². The van der Waals surface area contributed by atoms with E-state index in [0.29, 0.717) is 11.5 Å². The van der Waals surface area contributed by atoms with Crippen molar-refractivity contribution in [2.24, 2.45) is 0 Å². The summed E-state index contributed by atoms with van der Waals surface area (Å²) >= 11 is 0. The molecule has 1 fully saturated rings. The van der Waals surface area contributed by atoms with Crippen LogP contribution < -0.4 is 10.6 Å². The van der Waals surface area contributed by atoms with Gasteiger partial charge in [-0.2, -0.15) is 0 Å². The normalized spacial score (nSPS) is 16.1. The fraction of sp³-hybridized carbons (Fsp3) is 0.667. The summed E-state index contributed by atoms with van der Waals surface area (Å²) in [5.41, 5.74) is 1.14. The van der Waals surface area contributed by atoms with Crippen LogP contribution in [0.4, 0.5) is 5.69 Å². The fourth-order valence-electron chi connectivity index (χ4n) is 1.88.